The van der Waals surface area contributed by atoms with Gasteiger partial charge in [0.25, 0.3) is 5.69 Å². The van der Waals surface area contributed by atoms with E-state index in [4.69, 9.17) is 0 Å². The number of nitro groups is 1. The highest BCUT2D eigenvalue weighted by atomic mass is 19.1. The van der Waals surface area contributed by atoms with Crippen LogP contribution in [0.25, 0.3) is 0 Å². The van der Waals surface area contributed by atoms with Gasteiger partial charge in [-0.3, -0.25) is 19.7 Å². The summed E-state index contributed by atoms with van der Waals surface area (Å²) in [6, 6.07) is 11.0. The van der Waals surface area contributed by atoms with E-state index < -0.39 is 22.6 Å². The van der Waals surface area contributed by atoms with Gasteiger partial charge in [-0.25, -0.2) is 4.39 Å². The lowest BCUT2D eigenvalue weighted by Crippen LogP contribution is -2.40. The molecule has 0 aliphatic heterocycles. The molecule has 2 rings (SSSR count). The molecule has 0 aromatic heterocycles. The second-order valence-electron chi connectivity index (χ2n) is 5.24. The highest BCUT2D eigenvalue weighted by Gasteiger charge is 2.20. The van der Waals surface area contributed by atoms with Crippen molar-refractivity contribution in [1.29, 1.82) is 0 Å². The topological polar surface area (TPSA) is 92.6 Å². The fourth-order valence-corrected chi connectivity index (χ4v) is 2.24. The Bertz CT molecular complexity index is 810. The minimum atomic E-state index is -0.553. The van der Waals surface area contributed by atoms with Crippen molar-refractivity contribution in [2.75, 3.05) is 18.5 Å². The van der Waals surface area contributed by atoms with E-state index in [1.54, 1.807) is 6.07 Å². The summed E-state index contributed by atoms with van der Waals surface area (Å²) in [7, 11) is 1.43. The van der Waals surface area contributed by atoms with Crippen molar-refractivity contribution in [3.05, 3.63) is 70.0 Å². The monoisotopic (exact) mass is 345 g/mol. The highest BCUT2D eigenvalue weighted by Crippen LogP contribution is 2.19. The molecule has 0 atom stereocenters. The second kappa shape index (κ2) is 8.00. The number of nitro benzene ring substituents is 1. The summed E-state index contributed by atoms with van der Waals surface area (Å²) in [4.78, 5) is 35.7. The number of hydrogen-bond donors (Lipinski definition) is 1. The molecular weight excluding hydrogens is 329 g/mol. The number of amides is 2. The van der Waals surface area contributed by atoms with Crippen LogP contribution in [0.3, 0.4) is 0 Å². The Morgan fingerprint density at radius 3 is 2.56 bits per heavy atom. The first-order valence-electron chi connectivity index (χ1n) is 7.40. The van der Waals surface area contributed by atoms with Gasteiger partial charge in [-0.15, -0.1) is 0 Å². The number of nitrogens with one attached hydrogen (secondary N) is 1. The van der Waals surface area contributed by atoms with Gasteiger partial charge in [0, 0.05) is 24.9 Å². The quantitative estimate of drug-likeness (QED) is 0.641. The van der Waals surface area contributed by atoms with Crippen LogP contribution in [-0.2, 0) is 16.0 Å². The van der Waals surface area contributed by atoms with Crippen molar-refractivity contribution in [2.24, 2.45) is 0 Å². The molecule has 0 heterocycles. The van der Waals surface area contributed by atoms with Crippen LogP contribution in [0.4, 0.5) is 15.8 Å². The average molecular weight is 345 g/mol. The van der Waals surface area contributed by atoms with Crippen molar-refractivity contribution in [3.63, 3.8) is 0 Å². The molecule has 2 aromatic carbocycles. The number of halogens is 1. The molecular formula is C17H16FN3O4. The van der Waals surface area contributed by atoms with Gasteiger partial charge in [0.05, 0.1) is 11.3 Å². The van der Waals surface area contributed by atoms with Gasteiger partial charge in [-0.05, 0) is 23.8 Å². The summed E-state index contributed by atoms with van der Waals surface area (Å²) < 4.78 is 13.5. The molecule has 2 amide bonds. The van der Waals surface area contributed by atoms with Gasteiger partial charge < -0.3 is 10.2 Å². The number of likely N-dealkylation sites (N-methyl/N-ethyl adjacent to an activating group) is 1. The van der Waals surface area contributed by atoms with Crippen LogP contribution in [0, 0.1) is 15.9 Å². The molecule has 0 fully saturated rings. The zero-order valence-electron chi connectivity index (χ0n) is 13.4. The molecule has 1 N–H and O–H groups in total. The van der Waals surface area contributed by atoms with Gasteiger partial charge in [0.1, 0.15) is 12.4 Å². The number of carbonyl (C=O) groups excluding carboxylic acids is 2. The molecule has 0 aliphatic rings. The van der Waals surface area contributed by atoms with E-state index in [0.717, 1.165) is 11.0 Å². The van der Waals surface area contributed by atoms with Crippen molar-refractivity contribution in [1.82, 2.24) is 5.32 Å². The maximum absolute atomic E-state index is 13.5. The van der Waals surface area contributed by atoms with E-state index in [0.29, 0.717) is 5.56 Å². The summed E-state index contributed by atoms with van der Waals surface area (Å²) in [6.45, 7) is -0.284. The molecule has 0 saturated carbocycles. The lowest BCUT2D eigenvalue weighted by Gasteiger charge is -2.22. The molecule has 0 saturated heterocycles. The Kier molecular flexibility index (Phi) is 5.78. The predicted molar refractivity (Wildman–Crippen MR) is 89.6 cm³/mol. The smallest absolute Gasteiger partial charge is 0.269 e. The van der Waals surface area contributed by atoms with E-state index in [1.807, 2.05) is 0 Å². The number of rotatable bonds is 6. The minimum absolute atomic E-state index is 0.131. The first-order chi connectivity index (χ1) is 11.9. The van der Waals surface area contributed by atoms with E-state index in [-0.39, 0.29) is 24.3 Å². The zero-order chi connectivity index (χ0) is 18.4. The second-order valence-corrected chi connectivity index (χ2v) is 5.24. The van der Waals surface area contributed by atoms with E-state index in [1.165, 1.54) is 43.4 Å². The van der Waals surface area contributed by atoms with Crippen LogP contribution in [0.15, 0.2) is 48.5 Å². The van der Waals surface area contributed by atoms with E-state index in [9.17, 15) is 24.1 Å². The molecule has 0 spiro atoms. The molecule has 8 heteroatoms. The maximum atomic E-state index is 13.5. The van der Waals surface area contributed by atoms with E-state index >= 15 is 0 Å². The lowest BCUT2D eigenvalue weighted by molar-refractivity contribution is -0.384. The largest absolute Gasteiger partial charge is 0.358 e. The third-order valence-electron chi connectivity index (χ3n) is 3.48. The Hall–Kier alpha value is -3.29. The number of nitrogens with zero attached hydrogens (tertiary/aromatic N) is 2. The van der Waals surface area contributed by atoms with Crippen LogP contribution in [0.1, 0.15) is 5.56 Å². The maximum Gasteiger partial charge on any atom is 0.269 e. The first-order valence-corrected chi connectivity index (χ1v) is 7.40. The molecule has 25 heavy (non-hydrogen) atoms. The SMILES string of the molecule is CNC(=O)CN(C(=O)Cc1cccc([N+](=O)[O-])c1)c1cccc(F)c1. The summed E-state index contributed by atoms with van der Waals surface area (Å²) >= 11 is 0. The first kappa shape index (κ1) is 18.1. The molecule has 2 aromatic rings. The summed E-state index contributed by atoms with van der Waals surface area (Å²) in [5.74, 6) is -1.44. The van der Waals surface area contributed by atoms with Crippen LogP contribution >= 0.6 is 0 Å². The van der Waals surface area contributed by atoms with Crippen LogP contribution in [-0.4, -0.2) is 30.3 Å². The standard InChI is InChI=1S/C17H16FN3O4/c1-19-16(22)11-20(14-6-3-5-13(18)10-14)17(23)9-12-4-2-7-15(8-12)21(24)25/h2-8,10H,9,11H2,1H3,(H,19,22). The Morgan fingerprint density at radius 1 is 1.20 bits per heavy atom. The molecule has 0 aliphatic carbocycles. The fourth-order valence-electron chi connectivity index (χ4n) is 2.24. The van der Waals surface area contributed by atoms with Crippen molar-refractivity contribution in [3.8, 4) is 0 Å². The number of carbonyl (C=O) groups is 2. The fraction of sp³-hybridized carbons (Fsp3) is 0.176. The Balaban J connectivity index is 2.27. The molecule has 0 radical (unpaired) electrons. The van der Waals surface area contributed by atoms with Gasteiger partial charge in [-0.1, -0.05) is 18.2 Å². The number of hydrogen-bond acceptors (Lipinski definition) is 4. The molecule has 7 nitrogen and oxygen atoms in total. The highest BCUT2D eigenvalue weighted by molar-refractivity contribution is 5.99. The Morgan fingerprint density at radius 2 is 1.92 bits per heavy atom. The van der Waals surface area contributed by atoms with Crippen molar-refractivity contribution < 1.29 is 18.9 Å². The van der Waals surface area contributed by atoms with Crippen molar-refractivity contribution in [2.45, 2.75) is 6.42 Å². The molecule has 0 unspecified atom stereocenters. The normalized spacial score (nSPS) is 10.2. The number of benzene rings is 2. The van der Waals surface area contributed by atoms with Gasteiger partial charge >= 0.3 is 0 Å². The van der Waals surface area contributed by atoms with Crippen LogP contribution in [0.2, 0.25) is 0 Å². The predicted octanol–water partition coefficient (Wildman–Crippen LogP) is 2.06. The number of anilines is 1. The molecule has 130 valence electrons. The van der Waals surface area contributed by atoms with Crippen LogP contribution < -0.4 is 10.2 Å². The summed E-state index contributed by atoms with van der Waals surface area (Å²) in [5.41, 5.74) is 0.533. The molecule has 0 bridgehead atoms. The summed E-state index contributed by atoms with van der Waals surface area (Å²) in [6.07, 6.45) is -0.158. The Labute approximate surface area is 143 Å². The van der Waals surface area contributed by atoms with Crippen LogP contribution in [0.5, 0.6) is 0 Å². The minimum Gasteiger partial charge on any atom is -0.358 e. The van der Waals surface area contributed by atoms with E-state index in [2.05, 4.69) is 5.32 Å². The number of non-ortho nitro benzene ring substituents is 1. The lowest BCUT2D eigenvalue weighted by atomic mass is 10.1. The zero-order valence-corrected chi connectivity index (χ0v) is 13.4. The summed E-state index contributed by atoms with van der Waals surface area (Å²) in [5, 5.41) is 13.2. The van der Waals surface area contributed by atoms with Gasteiger partial charge in [0.15, 0.2) is 0 Å². The third kappa shape index (κ3) is 4.84. The third-order valence-corrected chi connectivity index (χ3v) is 3.48. The van der Waals surface area contributed by atoms with Gasteiger partial charge in [0.2, 0.25) is 11.8 Å². The average Bonchev–Trinajstić information content (AvgIpc) is 2.59. The van der Waals surface area contributed by atoms with Gasteiger partial charge in [-0.2, -0.15) is 0 Å². The van der Waals surface area contributed by atoms with Crippen molar-refractivity contribution >= 4 is 23.2 Å².